The van der Waals surface area contributed by atoms with Gasteiger partial charge in [0.25, 0.3) is 0 Å². The predicted octanol–water partition coefficient (Wildman–Crippen LogP) is 3.40. The second kappa shape index (κ2) is 5.95. The number of phenolic OH excluding ortho intramolecular Hbond substituents is 1. The van der Waals surface area contributed by atoms with Crippen molar-refractivity contribution in [1.29, 1.82) is 0 Å². The van der Waals surface area contributed by atoms with E-state index >= 15 is 0 Å². The number of imidazole rings is 1. The van der Waals surface area contributed by atoms with E-state index in [1.165, 1.54) is 0 Å². The Morgan fingerprint density at radius 1 is 1.45 bits per heavy atom. The molecule has 0 spiro atoms. The zero-order valence-corrected chi connectivity index (χ0v) is 12.8. The molecule has 2 heterocycles. The molecule has 0 aliphatic rings. The first kappa shape index (κ1) is 14.2. The lowest BCUT2D eigenvalue weighted by molar-refractivity contribution is 0.475. The standard InChI is InChI=1S/C16H14N4OS/c1-17-7-6-13(18-2)15-14(11-4-3-5-12(21)10-11)19-16-20(15)8-9-22-16/h3-10,21H,1H2,2H3/b7-6-,18-13+. The summed E-state index contributed by atoms with van der Waals surface area (Å²) in [5.41, 5.74) is 3.23. The maximum absolute atomic E-state index is 9.73. The Bertz CT molecular complexity index is 889. The molecule has 0 aliphatic carbocycles. The van der Waals surface area contributed by atoms with E-state index < -0.39 is 0 Å². The second-order valence-corrected chi connectivity index (χ2v) is 5.40. The molecule has 0 aliphatic heterocycles. The van der Waals surface area contributed by atoms with Crippen LogP contribution in [0.25, 0.3) is 16.2 Å². The minimum atomic E-state index is 0.207. The number of rotatable bonds is 4. The van der Waals surface area contributed by atoms with Crippen LogP contribution >= 0.6 is 11.3 Å². The monoisotopic (exact) mass is 310 g/mol. The third-order valence-electron chi connectivity index (χ3n) is 3.20. The molecule has 0 atom stereocenters. The first-order valence-electron chi connectivity index (χ1n) is 6.59. The molecule has 0 radical (unpaired) electrons. The van der Waals surface area contributed by atoms with E-state index in [9.17, 15) is 5.11 Å². The van der Waals surface area contributed by atoms with Gasteiger partial charge in [0.2, 0.25) is 0 Å². The number of allylic oxidation sites excluding steroid dienone is 1. The normalized spacial score (nSPS) is 12.3. The number of hydrogen-bond donors (Lipinski definition) is 1. The van der Waals surface area contributed by atoms with Crippen molar-refractivity contribution in [2.24, 2.45) is 9.98 Å². The van der Waals surface area contributed by atoms with E-state index in [0.717, 1.165) is 27.6 Å². The van der Waals surface area contributed by atoms with Crippen molar-refractivity contribution in [2.75, 3.05) is 7.05 Å². The van der Waals surface area contributed by atoms with Gasteiger partial charge in [-0.05, 0) is 24.9 Å². The van der Waals surface area contributed by atoms with Gasteiger partial charge in [-0.15, -0.1) is 11.3 Å². The number of benzene rings is 1. The fourth-order valence-corrected chi connectivity index (χ4v) is 2.98. The Kier molecular flexibility index (Phi) is 3.84. The number of aromatic nitrogens is 2. The molecule has 1 N–H and O–H groups in total. The van der Waals surface area contributed by atoms with Crippen molar-refractivity contribution >= 4 is 28.7 Å². The predicted molar refractivity (Wildman–Crippen MR) is 91.3 cm³/mol. The largest absolute Gasteiger partial charge is 0.508 e. The lowest BCUT2D eigenvalue weighted by Crippen LogP contribution is -2.03. The van der Waals surface area contributed by atoms with Crippen molar-refractivity contribution in [2.45, 2.75) is 0 Å². The molecule has 1 aromatic carbocycles. The van der Waals surface area contributed by atoms with Crippen LogP contribution in [0, 0.1) is 0 Å². The number of hydrogen-bond acceptors (Lipinski definition) is 5. The van der Waals surface area contributed by atoms with Crippen molar-refractivity contribution in [3.05, 3.63) is 53.8 Å². The zero-order chi connectivity index (χ0) is 15.5. The Hall–Kier alpha value is -2.73. The maximum atomic E-state index is 9.73. The van der Waals surface area contributed by atoms with E-state index in [1.54, 1.807) is 48.9 Å². The minimum absolute atomic E-state index is 0.207. The number of phenols is 1. The SMILES string of the molecule is C=N/C=C\C(=N/C)c1c(-c2cccc(O)c2)nc2sccn12. The summed E-state index contributed by atoms with van der Waals surface area (Å²) in [5.74, 6) is 0.207. The number of thiazole rings is 1. The van der Waals surface area contributed by atoms with Crippen LogP contribution in [0.15, 0.2) is 58.1 Å². The molecule has 0 unspecified atom stereocenters. The zero-order valence-electron chi connectivity index (χ0n) is 12.0. The fourth-order valence-electron chi connectivity index (χ4n) is 2.27. The summed E-state index contributed by atoms with van der Waals surface area (Å²) in [7, 11) is 1.72. The lowest BCUT2D eigenvalue weighted by Gasteiger charge is -2.05. The summed E-state index contributed by atoms with van der Waals surface area (Å²) in [6.07, 6.45) is 5.34. The molecule has 0 saturated heterocycles. The second-order valence-electron chi connectivity index (χ2n) is 4.52. The van der Waals surface area contributed by atoms with Gasteiger partial charge in [-0.2, -0.15) is 0 Å². The summed E-state index contributed by atoms with van der Waals surface area (Å²) >= 11 is 1.55. The quantitative estimate of drug-likeness (QED) is 0.751. The third-order valence-corrected chi connectivity index (χ3v) is 3.96. The van der Waals surface area contributed by atoms with Gasteiger partial charge in [0.1, 0.15) is 5.75 Å². The molecule has 6 heteroatoms. The topological polar surface area (TPSA) is 62.2 Å². The highest BCUT2D eigenvalue weighted by atomic mass is 32.1. The fraction of sp³-hybridized carbons (Fsp3) is 0.0625. The molecule has 5 nitrogen and oxygen atoms in total. The van der Waals surface area contributed by atoms with Crippen LogP contribution in [-0.2, 0) is 0 Å². The van der Waals surface area contributed by atoms with Crippen LogP contribution in [0.2, 0.25) is 0 Å². The van der Waals surface area contributed by atoms with Gasteiger partial charge in [0, 0.05) is 30.4 Å². The molecule has 2 aromatic heterocycles. The lowest BCUT2D eigenvalue weighted by atomic mass is 10.1. The van der Waals surface area contributed by atoms with Crippen LogP contribution in [0.1, 0.15) is 5.69 Å². The average molecular weight is 310 g/mol. The maximum Gasteiger partial charge on any atom is 0.194 e. The van der Waals surface area contributed by atoms with Crippen LogP contribution < -0.4 is 0 Å². The Morgan fingerprint density at radius 2 is 2.32 bits per heavy atom. The van der Waals surface area contributed by atoms with Crippen LogP contribution in [0.4, 0.5) is 0 Å². The van der Waals surface area contributed by atoms with Gasteiger partial charge in [-0.1, -0.05) is 12.1 Å². The van der Waals surface area contributed by atoms with Gasteiger partial charge in [0.05, 0.1) is 17.1 Å². The molecule has 22 heavy (non-hydrogen) atoms. The highest BCUT2D eigenvalue weighted by Gasteiger charge is 2.18. The van der Waals surface area contributed by atoms with Crippen LogP contribution in [0.5, 0.6) is 5.75 Å². The van der Waals surface area contributed by atoms with Crippen molar-refractivity contribution in [3.63, 3.8) is 0 Å². The van der Waals surface area contributed by atoms with Crippen LogP contribution in [0.3, 0.4) is 0 Å². The summed E-state index contributed by atoms with van der Waals surface area (Å²) in [6, 6.07) is 7.04. The van der Waals surface area contributed by atoms with E-state index in [2.05, 4.69) is 21.7 Å². The molecule has 0 fully saturated rings. The Labute approximate surface area is 131 Å². The average Bonchev–Trinajstić information content (AvgIpc) is 3.10. The number of aromatic hydroxyl groups is 1. The Balaban J connectivity index is 2.27. The molecule has 3 rings (SSSR count). The molecule has 0 amide bonds. The Morgan fingerprint density at radius 3 is 3.05 bits per heavy atom. The highest BCUT2D eigenvalue weighted by Crippen LogP contribution is 2.29. The molecular formula is C16H14N4OS. The summed E-state index contributed by atoms with van der Waals surface area (Å²) in [5, 5.41) is 11.7. The van der Waals surface area contributed by atoms with Gasteiger partial charge in [-0.25, -0.2) is 4.98 Å². The first-order valence-corrected chi connectivity index (χ1v) is 7.47. The molecule has 0 saturated carbocycles. The summed E-state index contributed by atoms with van der Waals surface area (Å²) < 4.78 is 1.99. The van der Waals surface area contributed by atoms with Crippen molar-refractivity contribution < 1.29 is 5.11 Å². The third kappa shape index (κ3) is 2.44. The highest BCUT2D eigenvalue weighted by molar-refractivity contribution is 7.15. The minimum Gasteiger partial charge on any atom is -0.508 e. The van der Waals surface area contributed by atoms with E-state index in [0.29, 0.717) is 0 Å². The summed E-state index contributed by atoms with van der Waals surface area (Å²) in [4.78, 5) is 13.6. The van der Waals surface area contributed by atoms with Gasteiger partial charge >= 0.3 is 0 Å². The number of fused-ring (bicyclic) bond motifs is 1. The summed E-state index contributed by atoms with van der Waals surface area (Å²) in [6.45, 7) is 3.45. The first-order chi connectivity index (χ1) is 10.7. The number of nitrogens with zero attached hydrogens (tertiary/aromatic N) is 4. The molecular weight excluding hydrogens is 296 g/mol. The van der Waals surface area contributed by atoms with Crippen molar-refractivity contribution in [3.8, 4) is 17.0 Å². The molecule has 3 aromatic rings. The van der Waals surface area contributed by atoms with Gasteiger partial charge in [0.15, 0.2) is 4.96 Å². The smallest absolute Gasteiger partial charge is 0.194 e. The van der Waals surface area contributed by atoms with Crippen LogP contribution in [-0.4, -0.2) is 34.0 Å². The van der Waals surface area contributed by atoms with Gasteiger partial charge in [-0.3, -0.25) is 14.4 Å². The number of aliphatic imine (C=N–C) groups is 2. The van der Waals surface area contributed by atoms with E-state index in [4.69, 9.17) is 0 Å². The van der Waals surface area contributed by atoms with Crippen molar-refractivity contribution in [1.82, 2.24) is 9.38 Å². The van der Waals surface area contributed by atoms with E-state index in [1.807, 2.05) is 22.0 Å². The molecule has 0 bridgehead atoms. The van der Waals surface area contributed by atoms with E-state index in [-0.39, 0.29) is 5.75 Å². The molecule has 110 valence electrons. The van der Waals surface area contributed by atoms with Gasteiger partial charge < -0.3 is 5.11 Å².